The van der Waals surface area contributed by atoms with Crippen molar-refractivity contribution in [1.29, 1.82) is 0 Å². The van der Waals surface area contributed by atoms with Gasteiger partial charge in [0.2, 0.25) is 0 Å². The monoisotopic (exact) mass is 433 g/mol. The van der Waals surface area contributed by atoms with Crippen LogP contribution in [0.4, 0.5) is 10.5 Å². The Balaban J connectivity index is 2.10. The third-order valence-electron chi connectivity index (χ3n) is 3.91. The van der Waals surface area contributed by atoms with Crippen molar-refractivity contribution in [2.24, 2.45) is 0 Å². The SMILES string of the molecule is CCNC(=O)NC(=O)C(C)OC(=O)c1cccc(S(=O)(=O)Nc2ccc(C)cc2)c1. The molecule has 1 unspecified atom stereocenters. The molecule has 0 aliphatic heterocycles. The first-order valence-corrected chi connectivity index (χ1v) is 10.6. The molecule has 0 saturated heterocycles. The molecule has 2 aromatic rings. The Morgan fingerprint density at radius 2 is 1.73 bits per heavy atom. The van der Waals surface area contributed by atoms with Crippen LogP contribution >= 0.6 is 0 Å². The van der Waals surface area contributed by atoms with Crippen molar-refractivity contribution >= 4 is 33.6 Å². The summed E-state index contributed by atoms with van der Waals surface area (Å²) in [5.74, 6) is -1.71. The van der Waals surface area contributed by atoms with Gasteiger partial charge in [-0.25, -0.2) is 18.0 Å². The average molecular weight is 433 g/mol. The number of anilines is 1. The number of sulfonamides is 1. The quantitative estimate of drug-likeness (QED) is 0.574. The van der Waals surface area contributed by atoms with Gasteiger partial charge in [-0.2, -0.15) is 0 Å². The number of imide groups is 1. The summed E-state index contributed by atoms with van der Waals surface area (Å²) in [5, 5.41) is 4.41. The molecule has 0 heterocycles. The first kappa shape index (κ1) is 22.9. The standard InChI is InChI=1S/C20H23N3O6S/c1-4-21-20(26)22-18(24)14(3)29-19(25)15-6-5-7-17(12-15)30(27,28)23-16-10-8-13(2)9-11-16/h5-12,14,23H,4H2,1-3H3,(H2,21,22,24,26). The molecule has 0 fully saturated rings. The fourth-order valence-corrected chi connectivity index (χ4v) is 3.43. The van der Waals surface area contributed by atoms with Crippen LogP contribution in [0.1, 0.15) is 29.8 Å². The lowest BCUT2D eigenvalue weighted by Crippen LogP contribution is -2.44. The lowest BCUT2D eigenvalue weighted by molar-refractivity contribution is -0.127. The molecule has 0 aromatic heterocycles. The minimum atomic E-state index is -3.94. The molecular formula is C20H23N3O6S. The number of esters is 1. The number of rotatable bonds is 7. The van der Waals surface area contributed by atoms with Gasteiger partial charge in [0.15, 0.2) is 6.10 Å². The lowest BCUT2D eigenvalue weighted by Gasteiger charge is -2.14. The molecule has 0 spiro atoms. The molecule has 0 bridgehead atoms. The fraction of sp³-hybridized carbons (Fsp3) is 0.250. The Kier molecular flexibility index (Phi) is 7.54. The van der Waals surface area contributed by atoms with Crippen LogP contribution in [0.5, 0.6) is 0 Å². The summed E-state index contributed by atoms with van der Waals surface area (Å²) in [7, 11) is -3.94. The van der Waals surface area contributed by atoms with E-state index in [2.05, 4.69) is 10.0 Å². The molecule has 30 heavy (non-hydrogen) atoms. The van der Waals surface area contributed by atoms with E-state index in [1.54, 1.807) is 31.2 Å². The molecule has 1 atom stereocenters. The zero-order chi connectivity index (χ0) is 22.3. The number of carbonyl (C=O) groups excluding carboxylic acids is 3. The maximum Gasteiger partial charge on any atom is 0.338 e. The predicted molar refractivity (Wildman–Crippen MR) is 111 cm³/mol. The van der Waals surface area contributed by atoms with Crippen LogP contribution in [0.25, 0.3) is 0 Å². The number of benzene rings is 2. The number of ether oxygens (including phenoxy) is 1. The Morgan fingerprint density at radius 3 is 2.37 bits per heavy atom. The third kappa shape index (κ3) is 6.31. The Morgan fingerprint density at radius 1 is 1.07 bits per heavy atom. The molecule has 2 rings (SSSR count). The van der Waals surface area contributed by atoms with E-state index in [9.17, 15) is 22.8 Å². The van der Waals surface area contributed by atoms with E-state index >= 15 is 0 Å². The van der Waals surface area contributed by atoms with Crippen LogP contribution in [-0.4, -0.2) is 39.0 Å². The second kappa shape index (κ2) is 9.88. The highest BCUT2D eigenvalue weighted by Crippen LogP contribution is 2.18. The molecule has 3 amide bonds. The van der Waals surface area contributed by atoms with Crippen molar-refractivity contribution in [1.82, 2.24) is 10.6 Å². The largest absolute Gasteiger partial charge is 0.449 e. The number of aryl methyl sites for hydroxylation is 1. The minimum Gasteiger partial charge on any atom is -0.449 e. The van der Waals surface area contributed by atoms with Gasteiger partial charge in [-0.3, -0.25) is 14.8 Å². The number of hydrogen-bond donors (Lipinski definition) is 3. The number of amides is 3. The summed E-state index contributed by atoms with van der Waals surface area (Å²) in [6, 6.07) is 11.3. The number of carbonyl (C=O) groups is 3. The van der Waals surface area contributed by atoms with E-state index in [4.69, 9.17) is 4.74 Å². The van der Waals surface area contributed by atoms with E-state index in [0.29, 0.717) is 12.2 Å². The highest BCUT2D eigenvalue weighted by molar-refractivity contribution is 7.92. The van der Waals surface area contributed by atoms with Gasteiger partial charge in [0.05, 0.1) is 10.5 Å². The van der Waals surface area contributed by atoms with Crippen LogP contribution in [-0.2, 0) is 19.6 Å². The molecule has 2 aromatic carbocycles. The van der Waals surface area contributed by atoms with E-state index in [1.807, 2.05) is 12.2 Å². The zero-order valence-corrected chi connectivity index (χ0v) is 17.6. The van der Waals surface area contributed by atoms with Gasteiger partial charge >= 0.3 is 12.0 Å². The molecule has 0 radical (unpaired) electrons. The van der Waals surface area contributed by atoms with Crippen LogP contribution < -0.4 is 15.4 Å². The summed E-state index contributed by atoms with van der Waals surface area (Å²) in [5.41, 5.74) is 1.30. The van der Waals surface area contributed by atoms with Gasteiger partial charge in [0.25, 0.3) is 15.9 Å². The molecule has 10 heteroatoms. The van der Waals surface area contributed by atoms with E-state index in [-0.39, 0.29) is 10.5 Å². The molecule has 3 N–H and O–H groups in total. The normalized spacial score (nSPS) is 11.8. The zero-order valence-electron chi connectivity index (χ0n) is 16.8. The number of nitrogens with one attached hydrogen (secondary N) is 3. The van der Waals surface area contributed by atoms with Crippen molar-refractivity contribution in [3.63, 3.8) is 0 Å². The molecule has 0 aliphatic rings. The Labute approximate surface area is 174 Å². The van der Waals surface area contributed by atoms with Crippen LogP contribution in [0.15, 0.2) is 53.4 Å². The molecule has 160 valence electrons. The predicted octanol–water partition coefficient (Wildman–Crippen LogP) is 2.19. The van der Waals surface area contributed by atoms with E-state index < -0.39 is 34.0 Å². The lowest BCUT2D eigenvalue weighted by atomic mass is 10.2. The van der Waals surface area contributed by atoms with Crippen LogP contribution in [0.3, 0.4) is 0 Å². The summed E-state index contributed by atoms with van der Waals surface area (Å²) in [4.78, 5) is 35.5. The van der Waals surface area contributed by atoms with Crippen LogP contribution in [0, 0.1) is 6.92 Å². The van der Waals surface area contributed by atoms with Crippen molar-refractivity contribution < 1.29 is 27.5 Å². The summed E-state index contributed by atoms with van der Waals surface area (Å²) in [6.07, 6.45) is -1.26. The third-order valence-corrected chi connectivity index (χ3v) is 5.29. The van der Waals surface area contributed by atoms with E-state index in [1.165, 1.54) is 25.1 Å². The van der Waals surface area contributed by atoms with Crippen molar-refractivity contribution in [2.45, 2.75) is 31.8 Å². The Bertz CT molecular complexity index is 1030. The summed E-state index contributed by atoms with van der Waals surface area (Å²) in [6.45, 7) is 5.18. The highest BCUT2D eigenvalue weighted by Gasteiger charge is 2.22. The molecular weight excluding hydrogens is 410 g/mol. The van der Waals surface area contributed by atoms with Gasteiger partial charge in [0.1, 0.15) is 0 Å². The van der Waals surface area contributed by atoms with Gasteiger partial charge in [-0.05, 0) is 51.1 Å². The second-order valence-corrected chi connectivity index (χ2v) is 8.08. The van der Waals surface area contributed by atoms with Gasteiger partial charge in [-0.15, -0.1) is 0 Å². The first-order chi connectivity index (χ1) is 14.1. The van der Waals surface area contributed by atoms with Crippen molar-refractivity contribution in [3.8, 4) is 0 Å². The van der Waals surface area contributed by atoms with E-state index in [0.717, 1.165) is 11.6 Å². The topological polar surface area (TPSA) is 131 Å². The maximum absolute atomic E-state index is 12.6. The van der Waals surface area contributed by atoms with Crippen molar-refractivity contribution in [3.05, 3.63) is 59.7 Å². The smallest absolute Gasteiger partial charge is 0.338 e. The van der Waals surface area contributed by atoms with Crippen molar-refractivity contribution in [2.75, 3.05) is 11.3 Å². The fourth-order valence-electron chi connectivity index (χ4n) is 2.33. The highest BCUT2D eigenvalue weighted by atomic mass is 32.2. The molecule has 9 nitrogen and oxygen atoms in total. The van der Waals surface area contributed by atoms with Crippen LogP contribution in [0.2, 0.25) is 0 Å². The molecule has 0 aliphatic carbocycles. The molecule has 0 saturated carbocycles. The van der Waals surface area contributed by atoms with Gasteiger partial charge in [0, 0.05) is 12.2 Å². The number of urea groups is 1. The first-order valence-electron chi connectivity index (χ1n) is 9.11. The summed E-state index contributed by atoms with van der Waals surface area (Å²) >= 11 is 0. The second-order valence-electron chi connectivity index (χ2n) is 6.40. The average Bonchev–Trinajstić information content (AvgIpc) is 2.69. The van der Waals surface area contributed by atoms with Gasteiger partial charge < -0.3 is 10.1 Å². The Hall–Kier alpha value is -3.40. The summed E-state index contributed by atoms with van der Waals surface area (Å²) < 4.78 is 32.7. The maximum atomic E-state index is 12.6. The van der Waals surface area contributed by atoms with Gasteiger partial charge in [-0.1, -0.05) is 23.8 Å². The number of hydrogen-bond acceptors (Lipinski definition) is 6. The minimum absolute atomic E-state index is 0.0561.